The molecule has 1 atom stereocenters. The highest BCUT2D eigenvalue weighted by Gasteiger charge is 2.14. The SMILES string of the molecule is COC[C@H](C)Nc1nc(-c2c(F)cccc2F)cs1. The van der Waals surface area contributed by atoms with Crippen molar-refractivity contribution in [3.63, 3.8) is 0 Å². The Morgan fingerprint density at radius 2 is 2.05 bits per heavy atom. The molecular weight excluding hydrogens is 270 g/mol. The molecule has 0 spiro atoms. The molecule has 0 radical (unpaired) electrons. The van der Waals surface area contributed by atoms with Gasteiger partial charge in [-0.05, 0) is 19.1 Å². The second-order valence-corrected chi connectivity index (χ2v) is 4.99. The summed E-state index contributed by atoms with van der Waals surface area (Å²) >= 11 is 1.30. The van der Waals surface area contributed by atoms with E-state index in [1.54, 1.807) is 12.5 Å². The molecule has 6 heteroatoms. The van der Waals surface area contributed by atoms with Crippen molar-refractivity contribution in [3.05, 3.63) is 35.2 Å². The summed E-state index contributed by atoms with van der Waals surface area (Å²) in [6.07, 6.45) is 0. The van der Waals surface area contributed by atoms with Crippen LogP contribution in [0.1, 0.15) is 6.92 Å². The number of thiazole rings is 1. The molecule has 2 aromatic rings. The number of benzene rings is 1. The Morgan fingerprint density at radius 3 is 2.68 bits per heavy atom. The quantitative estimate of drug-likeness (QED) is 0.912. The molecule has 1 aromatic carbocycles. The van der Waals surface area contributed by atoms with E-state index in [1.807, 2.05) is 6.92 Å². The van der Waals surface area contributed by atoms with E-state index in [4.69, 9.17) is 4.74 Å². The van der Waals surface area contributed by atoms with Gasteiger partial charge >= 0.3 is 0 Å². The lowest BCUT2D eigenvalue weighted by Gasteiger charge is -2.10. The van der Waals surface area contributed by atoms with Crippen LogP contribution < -0.4 is 5.32 Å². The van der Waals surface area contributed by atoms with Gasteiger partial charge in [-0.15, -0.1) is 11.3 Å². The van der Waals surface area contributed by atoms with E-state index < -0.39 is 11.6 Å². The first kappa shape index (κ1) is 13.9. The predicted molar refractivity (Wildman–Crippen MR) is 72.4 cm³/mol. The summed E-state index contributed by atoms with van der Waals surface area (Å²) in [5, 5.41) is 5.35. The van der Waals surface area contributed by atoms with E-state index in [2.05, 4.69) is 10.3 Å². The number of aromatic nitrogens is 1. The van der Waals surface area contributed by atoms with Gasteiger partial charge in [0.1, 0.15) is 11.6 Å². The first-order valence-electron chi connectivity index (χ1n) is 5.77. The van der Waals surface area contributed by atoms with E-state index in [0.717, 1.165) is 0 Å². The summed E-state index contributed by atoms with van der Waals surface area (Å²) in [7, 11) is 1.61. The molecule has 0 fully saturated rings. The van der Waals surface area contributed by atoms with Gasteiger partial charge in [0.05, 0.1) is 17.9 Å². The Labute approximate surface area is 114 Å². The zero-order valence-electron chi connectivity index (χ0n) is 10.6. The van der Waals surface area contributed by atoms with Crippen LogP contribution in [0.4, 0.5) is 13.9 Å². The first-order chi connectivity index (χ1) is 9.11. The molecule has 0 saturated heterocycles. The van der Waals surface area contributed by atoms with Gasteiger partial charge in [0.15, 0.2) is 5.13 Å². The number of halogens is 2. The van der Waals surface area contributed by atoms with E-state index in [-0.39, 0.29) is 11.6 Å². The number of nitrogens with one attached hydrogen (secondary N) is 1. The Bertz CT molecular complexity index is 539. The fourth-order valence-corrected chi connectivity index (χ4v) is 2.51. The standard InChI is InChI=1S/C13H14F2N2OS/c1-8(6-18-2)16-13-17-11(7-19-13)12-9(14)4-3-5-10(12)15/h3-5,7-8H,6H2,1-2H3,(H,16,17)/t8-/m0/s1. The van der Waals surface area contributed by atoms with Crippen LogP contribution in [0.15, 0.2) is 23.6 Å². The summed E-state index contributed by atoms with van der Waals surface area (Å²) in [6.45, 7) is 2.47. The summed E-state index contributed by atoms with van der Waals surface area (Å²) < 4.78 is 32.2. The lowest BCUT2D eigenvalue weighted by atomic mass is 10.1. The van der Waals surface area contributed by atoms with Crippen LogP contribution >= 0.6 is 11.3 Å². The van der Waals surface area contributed by atoms with Crippen molar-refractivity contribution in [2.75, 3.05) is 19.0 Å². The van der Waals surface area contributed by atoms with Crippen molar-refractivity contribution in [2.45, 2.75) is 13.0 Å². The number of anilines is 1. The van der Waals surface area contributed by atoms with Crippen molar-refractivity contribution >= 4 is 16.5 Å². The van der Waals surface area contributed by atoms with Crippen LogP contribution in [0.2, 0.25) is 0 Å². The largest absolute Gasteiger partial charge is 0.383 e. The minimum atomic E-state index is -0.609. The first-order valence-corrected chi connectivity index (χ1v) is 6.65. The number of hydrogen-bond acceptors (Lipinski definition) is 4. The third kappa shape index (κ3) is 3.27. The summed E-state index contributed by atoms with van der Waals surface area (Å²) in [4.78, 5) is 4.20. The van der Waals surface area contributed by atoms with Crippen LogP contribution in [0.3, 0.4) is 0 Å². The highest BCUT2D eigenvalue weighted by molar-refractivity contribution is 7.14. The zero-order valence-corrected chi connectivity index (χ0v) is 11.4. The highest BCUT2D eigenvalue weighted by Crippen LogP contribution is 2.29. The van der Waals surface area contributed by atoms with Gasteiger partial charge in [-0.2, -0.15) is 0 Å². The number of ether oxygens (including phenoxy) is 1. The molecule has 0 saturated carbocycles. The lowest BCUT2D eigenvalue weighted by Crippen LogP contribution is -2.20. The number of rotatable bonds is 5. The van der Waals surface area contributed by atoms with E-state index in [0.29, 0.717) is 17.4 Å². The monoisotopic (exact) mass is 284 g/mol. The normalized spacial score (nSPS) is 12.4. The number of nitrogens with zero attached hydrogens (tertiary/aromatic N) is 1. The fraction of sp³-hybridized carbons (Fsp3) is 0.308. The van der Waals surface area contributed by atoms with E-state index >= 15 is 0 Å². The second kappa shape index (κ2) is 6.08. The zero-order chi connectivity index (χ0) is 13.8. The van der Waals surface area contributed by atoms with Crippen molar-refractivity contribution in [1.82, 2.24) is 4.98 Å². The number of methoxy groups -OCH3 is 1. The Morgan fingerprint density at radius 1 is 1.37 bits per heavy atom. The molecule has 0 aliphatic heterocycles. The predicted octanol–water partition coefficient (Wildman–Crippen LogP) is 3.54. The van der Waals surface area contributed by atoms with Crippen molar-refractivity contribution in [1.29, 1.82) is 0 Å². The van der Waals surface area contributed by atoms with Gasteiger partial charge in [-0.3, -0.25) is 0 Å². The van der Waals surface area contributed by atoms with Gasteiger partial charge in [-0.25, -0.2) is 13.8 Å². The Kier molecular flexibility index (Phi) is 4.44. The van der Waals surface area contributed by atoms with Crippen molar-refractivity contribution < 1.29 is 13.5 Å². The minimum absolute atomic E-state index is 0.0782. The smallest absolute Gasteiger partial charge is 0.183 e. The molecule has 0 aliphatic rings. The van der Waals surface area contributed by atoms with Crippen LogP contribution in [0.5, 0.6) is 0 Å². The average molecular weight is 284 g/mol. The van der Waals surface area contributed by atoms with Crippen LogP contribution in [-0.2, 0) is 4.74 Å². The molecule has 1 aromatic heterocycles. The molecule has 1 N–H and O–H groups in total. The second-order valence-electron chi connectivity index (χ2n) is 4.14. The third-order valence-corrected chi connectivity index (χ3v) is 3.28. The van der Waals surface area contributed by atoms with Crippen LogP contribution in [0.25, 0.3) is 11.3 Å². The van der Waals surface area contributed by atoms with Gasteiger partial charge in [0.2, 0.25) is 0 Å². The van der Waals surface area contributed by atoms with E-state index in [1.165, 1.54) is 29.5 Å². The highest BCUT2D eigenvalue weighted by atomic mass is 32.1. The summed E-state index contributed by atoms with van der Waals surface area (Å²) in [5.74, 6) is -1.22. The van der Waals surface area contributed by atoms with Gasteiger partial charge < -0.3 is 10.1 Å². The Hall–Kier alpha value is -1.53. The van der Waals surface area contributed by atoms with Gasteiger partial charge in [-0.1, -0.05) is 6.07 Å². The topological polar surface area (TPSA) is 34.1 Å². The average Bonchev–Trinajstić information content (AvgIpc) is 2.77. The molecule has 1 heterocycles. The number of hydrogen-bond donors (Lipinski definition) is 1. The maximum Gasteiger partial charge on any atom is 0.183 e. The maximum atomic E-state index is 13.6. The van der Waals surface area contributed by atoms with Crippen molar-refractivity contribution in [2.24, 2.45) is 0 Å². The molecule has 19 heavy (non-hydrogen) atoms. The minimum Gasteiger partial charge on any atom is -0.383 e. The summed E-state index contributed by atoms with van der Waals surface area (Å²) in [6, 6.07) is 3.85. The third-order valence-electron chi connectivity index (χ3n) is 2.51. The lowest BCUT2D eigenvalue weighted by molar-refractivity contribution is 0.190. The van der Waals surface area contributed by atoms with Crippen molar-refractivity contribution in [3.8, 4) is 11.3 Å². The summed E-state index contributed by atoms with van der Waals surface area (Å²) in [5.41, 5.74) is 0.207. The van der Waals surface area contributed by atoms with Gasteiger partial charge in [0, 0.05) is 18.5 Å². The van der Waals surface area contributed by atoms with E-state index in [9.17, 15) is 8.78 Å². The molecule has 102 valence electrons. The molecule has 0 bridgehead atoms. The molecule has 3 nitrogen and oxygen atoms in total. The molecule has 0 amide bonds. The molecular formula is C13H14F2N2OS. The van der Waals surface area contributed by atoms with Gasteiger partial charge in [0.25, 0.3) is 0 Å². The maximum absolute atomic E-state index is 13.6. The molecule has 0 aliphatic carbocycles. The molecule has 2 rings (SSSR count). The molecule has 0 unspecified atom stereocenters. The van der Waals surface area contributed by atoms with Crippen LogP contribution in [-0.4, -0.2) is 24.7 Å². The fourth-order valence-electron chi connectivity index (χ4n) is 1.70. The van der Waals surface area contributed by atoms with Crippen LogP contribution in [0, 0.1) is 11.6 Å². The Balaban J connectivity index is 2.21.